The minimum Gasteiger partial charge on any atom is -0.508 e. The summed E-state index contributed by atoms with van der Waals surface area (Å²) in [6.45, 7) is 1.96. The van der Waals surface area contributed by atoms with Crippen LogP contribution in [0.3, 0.4) is 0 Å². The monoisotopic (exact) mass is 384 g/mol. The number of carbonyl (C=O) groups excluding carboxylic acids is 2. The molecule has 0 aliphatic heterocycles. The molecule has 0 saturated carbocycles. The lowest BCUT2D eigenvalue weighted by Gasteiger charge is -2.18. The van der Waals surface area contributed by atoms with E-state index in [1.54, 1.807) is 30.3 Å². The average Bonchev–Trinajstić information content (AvgIpc) is 2.69. The van der Waals surface area contributed by atoms with Gasteiger partial charge >= 0.3 is 6.09 Å². The molecule has 7 nitrogen and oxygen atoms in total. The second kappa shape index (κ2) is 10.7. The van der Waals surface area contributed by atoms with E-state index in [0.29, 0.717) is 24.9 Å². The van der Waals surface area contributed by atoms with Gasteiger partial charge in [-0.3, -0.25) is 15.3 Å². The maximum absolute atomic E-state index is 12.3. The van der Waals surface area contributed by atoms with Gasteiger partial charge < -0.3 is 9.84 Å². The number of hydroxylamine groups is 1. The van der Waals surface area contributed by atoms with E-state index in [-0.39, 0.29) is 5.75 Å². The quantitative estimate of drug-likeness (QED) is 0.236. The summed E-state index contributed by atoms with van der Waals surface area (Å²) in [5, 5.41) is 20.6. The van der Waals surface area contributed by atoms with Crippen LogP contribution in [0.5, 0.6) is 5.75 Å². The molecular formula is C21H24N2O5. The van der Waals surface area contributed by atoms with Crippen molar-refractivity contribution >= 4 is 17.7 Å². The molecule has 0 heterocycles. The molecule has 0 unspecified atom stereocenters. The number of anilines is 1. The number of carbonyl (C=O) groups is 2. The lowest BCUT2D eigenvalue weighted by Crippen LogP contribution is -2.17. The molecule has 2 aromatic rings. The van der Waals surface area contributed by atoms with Gasteiger partial charge in [0.1, 0.15) is 11.9 Å². The number of hydrogen-bond acceptors (Lipinski definition) is 5. The molecule has 1 atom stereocenters. The van der Waals surface area contributed by atoms with Crippen molar-refractivity contribution in [3.8, 4) is 5.75 Å². The lowest BCUT2D eigenvalue weighted by atomic mass is 10.0. The van der Waals surface area contributed by atoms with Crippen LogP contribution in [0.25, 0.3) is 0 Å². The molecule has 0 bridgehead atoms. The van der Waals surface area contributed by atoms with Gasteiger partial charge in [0.2, 0.25) is 0 Å². The van der Waals surface area contributed by atoms with E-state index in [0.717, 1.165) is 11.1 Å². The summed E-state index contributed by atoms with van der Waals surface area (Å²) >= 11 is 0. The van der Waals surface area contributed by atoms with Gasteiger partial charge in [-0.15, -0.1) is 0 Å². The predicted molar refractivity (Wildman–Crippen MR) is 105 cm³/mol. The van der Waals surface area contributed by atoms with Crippen LogP contribution < -0.4 is 10.8 Å². The highest BCUT2D eigenvalue weighted by Crippen LogP contribution is 2.26. The summed E-state index contributed by atoms with van der Waals surface area (Å²) < 4.78 is 5.58. The van der Waals surface area contributed by atoms with Crippen LogP contribution in [0.1, 0.15) is 36.5 Å². The number of phenolic OH excluding ortho intramolecular Hbond substituents is 1. The van der Waals surface area contributed by atoms with E-state index in [9.17, 15) is 14.7 Å². The van der Waals surface area contributed by atoms with Gasteiger partial charge in [0.15, 0.2) is 0 Å². The largest absolute Gasteiger partial charge is 0.508 e. The number of ether oxygens (including phenoxy) is 1. The Morgan fingerprint density at radius 3 is 2.43 bits per heavy atom. The molecule has 2 rings (SSSR count). The number of amides is 2. The zero-order valence-corrected chi connectivity index (χ0v) is 15.6. The Balaban J connectivity index is 1.98. The first-order chi connectivity index (χ1) is 13.5. The van der Waals surface area contributed by atoms with E-state index >= 15 is 0 Å². The van der Waals surface area contributed by atoms with Crippen molar-refractivity contribution in [3.63, 3.8) is 0 Å². The van der Waals surface area contributed by atoms with Gasteiger partial charge in [-0.05, 0) is 56.0 Å². The first-order valence-electron chi connectivity index (χ1n) is 8.92. The number of nitrogens with one attached hydrogen (secondary N) is 2. The third kappa shape index (κ3) is 7.13. The Bertz CT molecular complexity index is 801. The van der Waals surface area contributed by atoms with Crippen molar-refractivity contribution in [3.05, 3.63) is 71.8 Å². The van der Waals surface area contributed by atoms with Crippen molar-refractivity contribution in [2.24, 2.45) is 0 Å². The van der Waals surface area contributed by atoms with Gasteiger partial charge in [-0.1, -0.05) is 35.9 Å². The SMILES string of the molecule is Cc1ccc(NC(=O)O[C@H](CCC/C=C/C(=O)NO)c2ccc(O)cc2)cc1. The standard InChI is InChI=1S/C21H24N2O5/c1-15-7-11-17(12-8-15)22-21(26)28-19(16-9-13-18(24)14-10-16)5-3-2-4-6-20(25)23-27/h4,6-14,19,24,27H,2-3,5H2,1H3,(H,22,26)(H,23,25)/b6-4+/t19-/m1/s1. The molecule has 2 amide bonds. The van der Waals surface area contributed by atoms with Gasteiger partial charge in [-0.2, -0.15) is 0 Å². The number of aryl methyl sites for hydroxylation is 1. The fourth-order valence-corrected chi connectivity index (χ4v) is 2.54. The van der Waals surface area contributed by atoms with Crippen molar-refractivity contribution in [1.82, 2.24) is 5.48 Å². The van der Waals surface area contributed by atoms with E-state index in [1.807, 2.05) is 19.1 Å². The number of rotatable bonds is 8. The molecule has 0 saturated heterocycles. The highest BCUT2D eigenvalue weighted by atomic mass is 16.6. The van der Waals surface area contributed by atoms with E-state index in [2.05, 4.69) is 5.32 Å². The first-order valence-corrected chi connectivity index (χ1v) is 8.92. The fourth-order valence-electron chi connectivity index (χ4n) is 2.54. The zero-order valence-electron chi connectivity index (χ0n) is 15.6. The maximum Gasteiger partial charge on any atom is 0.412 e. The second-order valence-corrected chi connectivity index (χ2v) is 6.29. The van der Waals surface area contributed by atoms with Crippen molar-refractivity contribution in [2.45, 2.75) is 32.3 Å². The highest BCUT2D eigenvalue weighted by Gasteiger charge is 2.17. The van der Waals surface area contributed by atoms with Crippen LogP contribution in [0.2, 0.25) is 0 Å². The number of aromatic hydroxyl groups is 1. The molecule has 28 heavy (non-hydrogen) atoms. The number of hydrogen-bond donors (Lipinski definition) is 4. The molecule has 2 aromatic carbocycles. The number of phenols is 1. The summed E-state index contributed by atoms with van der Waals surface area (Å²) in [4.78, 5) is 23.2. The zero-order chi connectivity index (χ0) is 20.4. The molecule has 0 spiro atoms. The van der Waals surface area contributed by atoms with Gasteiger partial charge in [0.25, 0.3) is 5.91 Å². The molecule has 148 valence electrons. The summed E-state index contributed by atoms with van der Waals surface area (Å²) in [6, 6.07) is 13.8. The van der Waals surface area contributed by atoms with E-state index in [1.165, 1.54) is 23.7 Å². The third-order valence-electron chi connectivity index (χ3n) is 4.03. The smallest absolute Gasteiger partial charge is 0.412 e. The Hall–Kier alpha value is -3.32. The predicted octanol–water partition coefficient (Wildman–Crippen LogP) is 4.22. The van der Waals surface area contributed by atoms with Crippen LogP contribution in [-0.4, -0.2) is 22.3 Å². The third-order valence-corrected chi connectivity index (χ3v) is 4.03. The van der Waals surface area contributed by atoms with Crippen LogP contribution in [-0.2, 0) is 9.53 Å². The first kappa shape index (κ1) is 21.0. The molecule has 0 fully saturated rings. The molecular weight excluding hydrogens is 360 g/mol. The Morgan fingerprint density at radius 2 is 1.79 bits per heavy atom. The van der Waals surface area contributed by atoms with E-state index < -0.39 is 18.1 Å². The molecule has 0 aromatic heterocycles. The van der Waals surface area contributed by atoms with Gasteiger partial charge in [0, 0.05) is 11.8 Å². The van der Waals surface area contributed by atoms with Crippen molar-refractivity contribution in [2.75, 3.05) is 5.32 Å². The molecule has 7 heteroatoms. The minimum atomic E-state index is -0.594. The molecule has 0 aliphatic rings. The Labute approximate surface area is 163 Å². The normalized spacial score (nSPS) is 11.8. The average molecular weight is 384 g/mol. The molecule has 4 N–H and O–H groups in total. The maximum atomic E-state index is 12.3. The lowest BCUT2D eigenvalue weighted by molar-refractivity contribution is -0.124. The fraction of sp³-hybridized carbons (Fsp3) is 0.238. The Morgan fingerprint density at radius 1 is 1.11 bits per heavy atom. The molecule has 0 aliphatic carbocycles. The van der Waals surface area contributed by atoms with Gasteiger partial charge in [-0.25, -0.2) is 10.3 Å². The summed E-state index contributed by atoms with van der Waals surface area (Å²) in [6.07, 6.45) is 3.54. The summed E-state index contributed by atoms with van der Waals surface area (Å²) in [5.41, 5.74) is 4.00. The van der Waals surface area contributed by atoms with Crippen molar-refractivity contribution in [1.29, 1.82) is 0 Å². The second-order valence-electron chi connectivity index (χ2n) is 6.29. The van der Waals surface area contributed by atoms with Crippen LogP contribution in [0.15, 0.2) is 60.7 Å². The van der Waals surface area contributed by atoms with Crippen molar-refractivity contribution < 1.29 is 24.6 Å². The van der Waals surface area contributed by atoms with E-state index in [4.69, 9.17) is 9.94 Å². The highest BCUT2D eigenvalue weighted by molar-refractivity contribution is 5.86. The summed E-state index contributed by atoms with van der Waals surface area (Å²) in [7, 11) is 0. The van der Waals surface area contributed by atoms with Crippen LogP contribution >= 0.6 is 0 Å². The Kier molecular flexibility index (Phi) is 8.05. The summed E-state index contributed by atoms with van der Waals surface area (Å²) in [5.74, 6) is -0.464. The van der Waals surface area contributed by atoms with Crippen LogP contribution in [0, 0.1) is 6.92 Å². The molecule has 0 radical (unpaired) electrons. The number of benzene rings is 2. The van der Waals surface area contributed by atoms with Crippen LogP contribution in [0.4, 0.5) is 10.5 Å². The topological polar surface area (TPSA) is 108 Å². The number of allylic oxidation sites excluding steroid dienone is 1. The number of unbranched alkanes of at least 4 members (excludes halogenated alkanes) is 1. The van der Waals surface area contributed by atoms with Gasteiger partial charge in [0.05, 0.1) is 0 Å². The minimum absolute atomic E-state index is 0.129.